The molecule has 2 heterocycles. The molecule has 0 saturated heterocycles. The van der Waals surface area contributed by atoms with Gasteiger partial charge in [-0.15, -0.1) is 0 Å². The number of carbonyl (C=O) groups is 1. The van der Waals surface area contributed by atoms with E-state index in [-0.39, 0.29) is 17.1 Å². The summed E-state index contributed by atoms with van der Waals surface area (Å²) in [6, 6.07) is 14.2. The van der Waals surface area contributed by atoms with Crippen LogP contribution in [0.5, 0.6) is 0 Å². The number of aryl methyl sites for hydroxylation is 1. The van der Waals surface area contributed by atoms with Crippen molar-refractivity contribution in [2.24, 2.45) is 0 Å². The summed E-state index contributed by atoms with van der Waals surface area (Å²) in [6.45, 7) is 7.92. The van der Waals surface area contributed by atoms with E-state index in [9.17, 15) is 9.18 Å². The second-order valence-corrected chi connectivity index (χ2v) is 7.66. The Labute approximate surface area is 158 Å². The number of nitrogens with zero attached hydrogens (tertiary/aromatic N) is 2. The summed E-state index contributed by atoms with van der Waals surface area (Å²) in [4.78, 5) is 14.7. The molecule has 138 valence electrons. The number of hydrogen-bond donors (Lipinski definition) is 0. The molecule has 1 aliphatic heterocycles. The standard InChI is InChI=1S/C23H23FN2O/c1-4-26-19-8-6-5-7-18(19)21-20(26)13-14-25(15-23(21,2)3)22(27)16-9-11-17(24)12-10-16/h5-14H,4,15H2,1-3H3. The molecule has 1 aromatic heterocycles. The van der Waals surface area contributed by atoms with Gasteiger partial charge in [0.2, 0.25) is 0 Å². The fraction of sp³-hybridized carbons (Fsp3) is 0.261. The van der Waals surface area contributed by atoms with Gasteiger partial charge >= 0.3 is 0 Å². The predicted octanol–water partition coefficient (Wildman–Crippen LogP) is 5.20. The fourth-order valence-electron chi connectivity index (χ4n) is 4.16. The predicted molar refractivity (Wildman–Crippen MR) is 107 cm³/mol. The van der Waals surface area contributed by atoms with E-state index in [2.05, 4.69) is 49.6 Å². The molecule has 3 aromatic rings. The minimum atomic E-state index is -0.339. The first-order valence-corrected chi connectivity index (χ1v) is 9.29. The highest BCUT2D eigenvalue weighted by Gasteiger charge is 2.34. The number of rotatable bonds is 2. The lowest BCUT2D eigenvalue weighted by Gasteiger charge is -2.30. The largest absolute Gasteiger partial charge is 0.341 e. The van der Waals surface area contributed by atoms with Crippen LogP contribution in [0.1, 0.15) is 42.4 Å². The van der Waals surface area contributed by atoms with Crippen LogP contribution in [0.25, 0.3) is 17.0 Å². The Balaban J connectivity index is 1.82. The Morgan fingerprint density at radius 3 is 2.52 bits per heavy atom. The Kier molecular flexibility index (Phi) is 4.14. The van der Waals surface area contributed by atoms with E-state index >= 15 is 0 Å². The first-order chi connectivity index (χ1) is 12.9. The molecule has 4 rings (SSSR count). The highest BCUT2D eigenvalue weighted by molar-refractivity contribution is 5.96. The summed E-state index contributed by atoms with van der Waals surface area (Å²) < 4.78 is 15.5. The first kappa shape index (κ1) is 17.5. The van der Waals surface area contributed by atoms with Crippen molar-refractivity contribution < 1.29 is 9.18 Å². The third-order valence-electron chi connectivity index (χ3n) is 5.33. The average Bonchev–Trinajstić information content (AvgIpc) is 2.91. The summed E-state index contributed by atoms with van der Waals surface area (Å²) in [5.74, 6) is -0.453. The molecule has 3 nitrogen and oxygen atoms in total. The van der Waals surface area contributed by atoms with Gasteiger partial charge in [-0.1, -0.05) is 32.0 Å². The van der Waals surface area contributed by atoms with Crippen LogP contribution in [0, 0.1) is 5.82 Å². The number of hydrogen-bond acceptors (Lipinski definition) is 1. The Hall–Kier alpha value is -2.88. The lowest BCUT2D eigenvalue weighted by molar-refractivity contribution is 0.0801. The smallest absolute Gasteiger partial charge is 0.257 e. The summed E-state index contributed by atoms with van der Waals surface area (Å²) in [5.41, 5.74) is 3.91. The molecule has 27 heavy (non-hydrogen) atoms. The number of halogens is 1. The zero-order chi connectivity index (χ0) is 19.2. The molecule has 0 radical (unpaired) electrons. The van der Waals surface area contributed by atoms with Crippen molar-refractivity contribution in [3.05, 3.63) is 77.4 Å². The maximum atomic E-state index is 13.2. The minimum absolute atomic E-state index is 0.114. The van der Waals surface area contributed by atoms with E-state index in [4.69, 9.17) is 0 Å². The summed E-state index contributed by atoms with van der Waals surface area (Å²) in [6.07, 6.45) is 3.90. The Bertz CT molecular complexity index is 1040. The number of carbonyl (C=O) groups excluding carboxylic acids is 1. The van der Waals surface area contributed by atoms with Crippen LogP contribution in [0.2, 0.25) is 0 Å². The van der Waals surface area contributed by atoms with Crippen LogP contribution in [-0.2, 0) is 12.0 Å². The zero-order valence-electron chi connectivity index (χ0n) is 15.9. The molecule has 0 saturated carbocycles. The summed E-state index contributed by atoms with van der Waals surface area (Å²) in [7, 11) is 0. The van der Waals surface area contributed by atoms with E-state index in [0.29, 0.717) is 12.1 Å². The fourth-order valence-corrected chi connectivity index (χ4v) is 4.16. The normalized spacial score (nSPS) is 15.6. The minimum Gasteiger partial charge on any atom is -0.341 e. The van der Waals surface area contributed by atoms with Crippen molar-refractivity contribution in [2.45, 2.75) is 32.7 Å². The number of para-hydroxylation sites is 1. The van der Waals surface area contributed by atoms with Gasteiger partial charge in [0.25, 0.3) is 5.91 Å². The Morgan fingerprint density at radius 1 is 1.11 bits per heavy atom. The van der Waals surface area contributed by atoms with Crippen LogP contribution < -0.4 is 0 Å². The van der Waals surface area contributed by atoms with Gasteiger partial charge in [-0.05, 0) is 48.9 Å². The molecule has 1 amide bonds. The van der Waals surface area contributed by atoms with Crippen molar-refractivity contribution in [3.63, 3.8) is 0 Å². The van der Waals surface area contributed by atoms with Gasteiger partial charge in [0.1, 0.15) is 5.82 Å². The van der Waals surface area contributed by atoms with E-state index in [0.717, 1.165) is 12.2 Å². The molecule has 0 atom stereocenters. The summed E-state index contributed by atoms with van der Waals surface area (Å²) >= 11 is 0. The lowest BCUT2D eigenvalue weighted by Crippen LogP contribution is -2.36. The molecule has 0 unspecified atom stereocenters. The molecule has 0 N–H and O–H groups in total. The molecule has 0 aliphatic carbocycles. The number of aromatic nitrogens is 1. The van der Waals surface area contributed by atoms with Crippen LogP contribution >= 0.6 is 0 Å². The maximum absolute atomic E-state index is 13.2. The second kappa shape index (κ2) is 6.38. The molecular formula is C23H23FN2O. The number of benzene rings is 2. The van der Waals surface area contributed by atoms with Gasteiger partial charge < -0.3 is 9.47 Å². The maximum Gasteiger partial charge on any atom is 0.257 e. The van der Waals surface area contributed by atoms with Crippen molar-refractivity contribution in [1.29, 1.82) is 0 Å². The van der Waals surface area contributed by atoms with Crippen LogP contribution in [-0.4, -0.2) is 21.9 Å². The quantitative estimate of drug-likeness (QED) is 0.615. The van der Waals surface area contributed by atoms with Crippen molar-refractivity contribution in [3.8, 4) is 0 Å². The number of fused-ring (bicyclic) bond motifs is 3. The van der Waals surface area contributed by atoms with Gasteiger partial charge in [0.15, 0.2) is 0 Å². The highest BCUT2D eigenvalue weighted by Crippen LogP contribution is 2.39. The zero-order valence-corrected chi connectivity index (χ0v) is 15.9. The SMILES string of the molecule is CCn1c2c(c3ccccc31)C(C)(C)CN(C(=O)c1ccc(F)cc1)C=C2. The van der Waals surface area contributed by atoms with E-state index in [1.54, 1.807) is 4.90 Å². The van der Waals surface area contributed by atoms with Gasteiger partial charge in [-0.25, -0.2) is 4.39 Å². The van der Waals surface area contributed by atoms with Crippen molar-refractivity contribution >= 4 is 22.9 Å². The lowest BCUT2D eigenvalue weighted by atomic mass is 9.82. The third kappa shape index (κ3) is 2.85. The number of amides is 1. The van der Waals surface area contributed by atoms with Crippen molar-refractivity contribution in [1.82, 2.24) is 9.47 Å². The molecule has 1 aliphatic rings. The molecule has 0 fully saturated rings. The second-order valence-electron chi connectivity index (χ2n) is 7.66. The van der Waals surface area contributed by atoms with Crippen molar-refractivity contribution in [2.75, 3.05) is 6.54 Å². The molecule has 0 bridgehead atoms. The van der Waals surface area contributed by atoms with E-state index in [1.165, 1.54) is 40.7 Å². The molecular weight excluding hydrogens is 339 g/mol. The van der Waals surface area contributed by atoms with E-state index < -0.39 is 0 Å². The molecule has 4 heteroatoms. The van der Waals surface area contributed by atoms with Gasteiger partial charge in [0.05, 0.1) is 0 Å². The monoisotopic (exact) mass is 362 g/mol. The summed E-state index contributed by atoms with van der Waals surface area (Å²) in [5, 5.41) is 1.24. The topological polar surface area (TPSA) is 25.2 Å². The van der Waals surface area contributed by atoms with Gasteiger partial charge in [0, 0.05) is 46.9 Å². The Morgan fingerprint density at radius 2 is 1.81 bits per heavy atom. The van der Waals surface area contributed by atoms with Gasteiger partial charge in [-0.3, -0.25) is 4.79 Å². The average molecular weight is 362 g/mol. The highest BCUT2D eigenvalue weighted by atomic mass is 19.1. The van der Waals surface area contributed by atoms with Crippen LogP contribution in [0.3, 0.4) is 0 Å². The molecule has 0 spiro atoms. The van der Waals surface area contributed by atoms with Gasteiger partial charge in [-0.2, -0.15) is 0 Å². The molecule has 2 aromatic carbocycles. The van der Waals surface area contributed by atoms with E-state index in [1.807, 2.05) is 12.3 Å². The third-order valence-corrected chi connectivity index (χ3v) is 5.33. The first-order valence-electron chi connectivity index (χ1n) is 9.29. The van der Waals surface area contributed by atoms with Crippen LogP contribution in [0.15, 0.2) is 54.7 Å². The van der Waals surface area contributed by atoms with Crippen LogP contribution in [0.4, 0.5) is 4.39 Å².